The molecule has 0 radical (unpaired) electrons. The molecule has 0 aromatic heterocycles. The first-order valence-electron chi connectivity index (χ1n) is 5.30. The van der Waals surface area contributed by atoms with Crippen LogP contribution in [-0.4, -0.2) is 29.9 Å². The van der Waals surface area contributed by atoms with Gasteiger partial charge in [0.1, 0.15) is 0 Å². The number of nitrogens with zero attached hydrogens (tertiary/aromatic N) is 1. The van der Waals surface area contributed by atoms with Gasteiger partial charge in [-0.2, -0.15) is 0 Å². The summed E-state index contributed by atoms with van der Waals surface area (Å²) in [6.45, 7) is 1.11. The second-order valence-electron chi connectivity index (χ2n) is 4.20. The van der Waals surface area contributed by atoms with E-state index in [1.54, 1.807) is 11.0 Å². The number of piperidine rings is 1. The summed E-state index contributed by atoms with van der Waals surface area (Å²) in [5.74, 6) is -0.663. The fraction of sp³-hybridized carbons (Fsp3) is 0.455. The molecule has 0 aromatic rings. The summed E-state index contributed by atoms with van der Waals surface area (Å²) in [6.07, 6.45) is 6.42. The molecule has 0 aromatic carbocycles. The number of urea groups is 1. The Morgan fingerprint density at radius 2 is 2.12 bits per heavy atom. The van der Waals surface area contributed by atoms with Crippen molar-refractivity contribution < 1.29 is 9.59 Å². The van der Waals surface area contributed by atoms with Gasteiger partial charge >= 0.3 is 6.03 Å². The molecule has 1 saturated heterocycles. The third-order valence-corrected chi connectivity index (χ3v) is 3.27. The Balaban J connectivity index is 2.19. The molecule has 5 heteroatoms. The van der Waals surface area contributed by atoms with Gasteiger partial charge in [0.15, 0.2) is 0 Å². The maximum Gasteiger partial charge on any atom is 0.314 e. The molecule has 3 amide bonds. The minimum Gasteiger partial charge on any atom is -0.369 e. The van der Waals surface area contributed by atoms with Crippen LogP contribution in [0.1, 0.15) is 6.42 Å². The van der Waals surface area contributed by atoms with Gasteiger partial charge in [-0.15, -0.1) is 0 Å². The van der Waals surface area contributed by atoms with Crippen molar-refractivity contribution in [2.45, 2.75) is 6.42 Å². The molecule has 1 aliphatic heterocycles. The highest BCUT2D eigenvalue weighted by atomic mass is 16.2. The number of amides is 3. The van der Waals surface area contributed by atoms with E-state index < -0.39 is 6.03 Å². The number of primary amides is 2. The molecular formula is C11H15N3O2. The van der Waals surface area contributed by atoms with Crippen LogP contribution in [0.4, 0.5) is 4.79 Å². The van der Waals surface area contributed by atoms with Crippen molar-refractivity contribution in [1.82, 2.24) is 4.90 Å². The molecule has 16 heavy (non-hydrogen) atoms. The highest BCUT2D eigenvalue weighted by molar-refractivity contribution is 5.80. The first kappa shape index (κ1) is 10.7. The molecule has 86 valence electrons. The minimum atomic E-state index is -0.433. The van der Waals surface area contributed by atoms with E-state index in [0.29, 0.717) is 13.1 Å². The molecular weight excluding hydrogens is 206 g/mol. The number of likely N-dealkylation sites (tertiary alicyclic amines) is 1. The summed E-state index contributed by atoms with van der Waals surface area (Å²) in [6, 6.07) is -0.433. The van der Waals surface area contributed by atoms with Gasteiger partial charge in [-0.25, -0.2) is 4.79 Å². The summed E-state index contributed by atoms with van der Waals surface area (Å²) in [4.78, 5) is 24.0. The zero-order chi connectivity index (χ0) is 11.7. The van der Waals surface area contributed by atoms with Crippen molar-refractivity contribution in [2.24, 2.45) is 23.3 Å². The third-order valence-electron chi connectivity index (χ3n) is 3.27. The Morgan fingerprint density at radius 3 is 2.75 bits per heavy atom. The van der Waals surface area contributed by atoms with Crippen LogP contribution in [0.25, 0.3) is 0 Å². The quantitative estimate of drug-likeness (QED) is 0.651. The van der Waals surface area contributed by atoms with Crippen LogP contribution in [0.3, 0.4) is 0 Å². The molecule has 4 N–H and O–H groups in total. The van der Waals surface area contributed by atoms with Gasteiger partial charge in [-0.05, 0) is 6.42 Å². The van der Waals surface area contributed by atoms with E-state index in [4.69, 9.17) is 11.5 Å². The number of carbonyl (C=O) groups excluding carboxylic acids is 2. The number of hydrogen-bond acceptors (Lipinski definition) is 2. The van der Waals surface area contributed by atoms with Gasteiger partial charge in [-0.3, -0.25) is 4.79 Å². The van der Waals surface area contributed by atoms with Crippen molar-refractivity contribution in [3.8, 4) is 0 Å². The van der Waals surface area contributed by atoms with E-state index in [1.807, 2.05) is 12.2 Å². The summed E-state index contributed by atoms with van der Waals surface area (Å²) in [5, 5.41) is 0. The van der Waals surface area contributed by atoms with Crippen molar-refractivity contribution in [2.75, 3.05) is 13.1 Å². The zero-order valence-corrected chi connectivity index (χ0v) is 8.93. The second-order valence-corrected chi connectivity index (χ2v) is 4.20. The molecule has 0 bridgehead atoms. The van der Waals surface area contributed by atoms with Gasteiger partial charge in [0, 0.05) is 19.0 Å². The zero-order valence-electron chi connectivity index (χ0n) is 8.93. The Bertz CT molecular complexity index is 387. The van der Waals surface area contributed by atoms with Gasteiger partial charge in [0.05, 0.1) is 5.92 Å². The molecule has 1 aliphatic carbocycles. The van der Waals surface area contributed by atoms with E-state index in [1.165, 1.54) is 5.57 Å². The number of nitrogens with two attached hydrogens (primary N) is 2. The predicted octanol–water partition coefficient (Wildman–Crippen LogP) is -0.0153. The Hall–Kier alpha value is -1.78. The van der Waals surface area contributed by atoms with Crippen molar-refractivity contribution >= 4 is 11.9 Å². The number of rotatable bonds is 1. The molecule has 1 fully saturated rings. The maximum absolute atomic E-state index is 11.3. The van der Waals surface area contributed by atoms with Crippen LogP contribution in [0, 0.1) is 11.8 Å². The number of hydrogen-bond donors (Lipinski definition) is 2. The molecule has 2 unspecified atom stereocenters. The fourth-order valence-corrected chi connectivity index (χ4v) is 2.37. The second kappa shape index (κ2) is 4.00. The molecule has 0 saturated carbocycles. The first-order valence-corrected chi connectivity index (χ1v) is 5.30. The molecule has 2 aliphatic rings. The lowest BCUT2D eigenvalue weighted by molar-refractivity contribution is -0.121. The summed E-state index contributed by atoms with van der Waals surface area (Å²) in [7, 11) is 0. The normalized spacial score (nSPS) is 28.2. The predicted molar refractivity (Wildman–Crippen MR) is 59.2 cm³/mol. The Kier molecular flexibility index (Phi) is 2.68. The van der Waals surface area contributed by atoms with Crippen LogP contribution >= 0.6 is 0 Å². The Morgan fingerprint density at radius 1 is 1.38 bits per heavy atom. The van der Waals surface area contributed by atoms with Crippen molar-refractivity contribution in [1.29, 1.82) is 0 Å². The average Bonchev–Trinajstić information content (AvgIpc) is 2.27. The summed E-state index contributed by atoms with van der Waals surface area (Å²) >= 11 is 0. The van der Waals surface area contributed by atoms with Crippen LogP contribution in [0.2, 0.25) is 0 Å². The van der Waals surface area contributed by atoms with Gasteiger partial charge in [0.2, 0.25) is 5.91 Å². The largest absolute Gasteiger partial charge is 0.369 e. The lowest BCUT2D eigenvalue weighted by Crippen LogP contribution is -2.47. The van der Waals surface area contributed by atoms with Crippen molar-refractivity contribution in [3.05, 3.63) is 23.8 Å². The standard InChI is InChI=1S/C11H15N3O2/c12-10(15)8-3-1-2-7-4-5-14(11(13)16)6-9(7)8/h1-3,8-9H,4-6H2,(H2,12,15)(H2,13,16). The Labute approximate surface area is 93.8 Å². The van der Waals surface area contributed by atoms with Crippen LogP contribution in [0.15, 0.2) is 23.8 Å². The molecule has 2 atom stereocenters. The van der Waals surface area contributed by atoms with E-state index in [0.717, 1.165) is 6.42 Å². The van der Waals surface area contributed by atoms with E-state index in [2.05, 4.69) is 0 Å². The topological polar surface area (TPSA) is 89.4 Å². The molecule has 5 nitrogen and oxygen atoms in total. The van der Waals surface area contributed by atoms with Crippen LogP contribution in [-0.2, 0) is 4.79 Å². The molecule has 1 heterocycles. The number of fused-ring (bicyclic) bond motifs is 1. The highest BCUT2D eigenvalue weighted by Crippen LogP contribution is 2.32. The monoisotopic (exact) mass is 221 g/mol. The lowest BCUT2D eigenvalue weighted by atomic mass is 9.78. The van der Waals surface area contributed by atoms with E-state index in [-0.39, 0.29) is 17.7 Å². The maximum atomic E-state index is 11.3. The van der Waals surface area contributed by atoms with Crippen LogP contribution in [0.5, 0.6) is 0 Å². The molecule has 0 spiro atoms. The average molecular weight is 221 g/mol. The number of allylic oxidation sites excluding steroid dienone is 2. The van der Waals surface area contributed by atoms with Crippen LogP contribution < -0.4 is 11.5 Å². The highest BCUT2D eigenvalue weighted by Gasteiger charge is 2.34. The van der Waals surface area contributed by atoms with E-state index >= 15 is 0 Å². The fourth-order valence-electron chi connectivity index (χ4n) is 2.37. The third kappa shape index (κ3) is 1.80. The minimum absolute atomic E-state index is 0.00347. The van der Waals surface area contributed by atoms with Gasteiger partial charge in [0.25, 0.3) is 0 Å². The first-order chi connectivity index (χ1) is 7.59. The van der Waals surface area contributed by atoms with Crippen molar-refractivity contribution in [3.63, 3.8) is 0 Å². The summed E-state index contributed by atoms with van der Waals surface area (Å²) in [5.41, 5.74) is 11.8. The van der Waals surface area contributed by atoms with E-state index in [9.17, 15) is 9.59 Å². The lowest BCUT2D eigenvalue weighted by Gasteiger charge is -2.37. The molecule has 2 rings (SSSR count). The van der Waals surface area contributed by atoms with Gasteiger partial charge in [-0.1, -0.05) is 23.8 Å². The van der Waals surface area contributed by atoms with Gasteiger partial charge < -0.3 is 16.4 Å². The SMILES string of the molecule is NC(=O)C1C=CC=C2CCN(C(N)=O)CC21. The smallest absolute Gasteiger partial charge is 0.314 e. The summed E-state index contributed by atoms with van der Waals surface area (Å²) < 4.78 is 0. The number of carbonyl (C=O) groups is 2.